The first-order valence-electron chi connectivity index (χ1n) is 7.19. The van der Waals surface area contributed by atoms with Crippen molar-refractivity contribution in [2.75, 3.05) is 6.61 Å². The van der Waals surface area contributed by atoms with Crippen molar-refractivity contribution < 1.29 is 31.8 Å². The molecule has 0 amide bonds. The molecule has 0 aliphatic heterocycles. The van der Waals surface area contributed by atoms with Crippen molar-refractivity contribution in [3.63, 3.8) is 0 Å². The average Bonchev–Trinajstić information content (AvgIpc) is 2.39. The summed E-state index contributed by atoms with van der Waals surface area (Å²) in [7, 11) is -1.91. The molecule has 0 aliphatic carbocycles. The van der Waals surface area contributed by atoms with Crippen LogP contribution in [-0.4, -0.2) is 27.0 Å². The van der Waals surface area contributed by atoms with E-state index in [0.29, 0.717) is 0 Å². The van der Waals surface area contributed by atoms with Crippen LogP contribution in [0.2, 0.25) is 19.6 Å². The zero-order chi connectivity index (χ0) is 18.5. The summed E-state index contributed by atoms with van der Waals surface area (Å²) in [4.78, 5) is 11.7. The fourth-order valence-corrected chi connectivity index (χ4v) is 2.24. The van der Waals surface area contributed by atoms with Crippen molar-refractivity contribution in [2.45, 2.75) is 39.3 Å². The first kappa shape index (κ1) is 20.0. The molecule has 0 saturated heterocycles. The summed E-state index contributed by atoms with van der Waals surface area (Å²) in [6.45, 7) is 7.32. The summed E-state index contributed by atoms with van der Waals surface area (Å²) in [5.74, 6) is 0.324. The maximum absolute atomic E-state index is 14.1. The van der Waals surface area contributed by atoms with Crippen LogP contribution in [0.15, 0.2) is 12.1 Å². The molecular formula is C16H18F4O3Si. The van der Waals surface area contributed by atoms with Crippen LogP contribution in [0.4, 0.5) is 17.6 Å². The predicted molar refractivity (Wildman–Crippen MR) is 83.6 cm³/mol. The Morgan fingerprint density at radius 3 is 2.38 bits per heavy atom. The van der Waals surface area contributed by atoms with E-state index in [0.717, 1.165) is 12.1 Å². The van der Waals surface area contributed by atoms with Crippen LogP contribution in [0.5, 0.6) is 5.75 Å². The number of ether oxygens (including phenoxy) is 2. The summed E-state index contributed by atoms with van der Waals surface area (Å²) in [6, 6.07) is 1.67. The lowest BCUT2D eigenvalue weighted by Crippen LogP contribution is -2.20. The molecule has 0 bridgehead atoms. The van der Waals surface area contributed by atoms with Crippen molar-refractivity contribution >= 4 is 14.0 Å². The Morgan fingerprint density at radius 1 is 1.25 bits per heavy atom. The van der Waals surface area contributed by atoms with Crippen molar-refractivity contribution in [2.24, 2.45) is 0 Å². The van der Waals surface area contributed by atoms with E-state index < -0.39 is 38.4 Å². The van der Waals surface area contributed by atoms with E-state index in [1.165, 1.54) is 0 Å². The Labute approximate surface area is 139 Å². The number of esters is 1. The summed E-state index contributed by atoms with van der Waals surface area (Å²) >= 11 is 0. The average molecular weight is 362 g/mol. The Balaban J connectivity index is 3.44. The van der Waals surface area contributed by atoms with E-state index in [-0.39, 0.29) is 17.7 Å². The van der Waals surface area contributed by atoms with Gasteiger partial charge >= 0.3 is 12.3 Å². The lowest BCUT2D eigenvalue weighted by atomic mass is 10.0. The fraction of sp³-hybridized carbons (Fsp3) is 0.438. The highest BCUT2D eigenvalue weighted by atomic mass is 28.3. The minimum atomic E-state index is -4.97. The largest absolute Gasteiger partial charge is 0.573 e. The van der Waals surface area contributed by atoms with Crippen molar-refractivity contribution in [1.29, 1.82) is 0 Å². The number of carbonyl (C=O) groups is 1. The van der Waals surface area contributed by atoms with E-state index in [2.05, 4.69) is 16.2 Å². The maximum Gasteiger partial charge on any atom is 0.573 e. The zero-order valence-electron chi connectivity index (χ0n) is 13.8. The lowest BCUT2D eigenvalue weighted by molar-refractivity contribution is -0.275. The van der Waals surface area contributed by atoms with Gasteiger partial charge in [0.05, 0.1) is 18.6 Å². The van der Waals surface area contributed by atoms with Crippen molar-refractivity contribution in [3.05, 3.63) is 29.1 Å². The van der Waals surface area contributed by atoms with Gasteiger partial charge in [-0.15, -0.1) is 18.7 Å². The second-order valence-corrected chi connectivity index (χ2v) is 10.7. The number of hydrogen-bond acceptors (Lipinski definition) is 3. The molecule has 0 saturated carbocycles. The summed E-state index contributed by atoms with van der Waals surface area (Å²) in [6.07, 6.45) is -5.53. The molecule has 0 fully saturated rings. The molecule has 3 nitrogen and oxygen atoms in total. The SMILES string of the molecule is CCOC(=O)Cc1c(OC(F)(F)F)ccc(F)c1C#C[Si](C)(C)C. The molecule has 24 heavy (non-hydrogen) atoms. The Bertz CT molecular complexity index is 667. The van der Waals surface area contributed by atoms with Gasteiger partial charge in [0.15, 0.2) is 0 Å². The molecule has 0 N–H and O–H groups in total. The highest BCUT2D eigenvalue weighted by Crippen LogP contribution is 2.30. The van der Waals surface area contributed by atoms with Gasteiger partial charge in [0.1, 0.15) is 19.6 Å². The van der Waals surface area contributed by atoms with Gasteiger partial charge in [-0.25, -0.2) is 4.39 Å². The van der Waals surface area contributed by atoms with Gasteiger partial charge in [0.25, 0.3) is 0 Å². The van der Waals surface area contributed by atoms with Crippen molar-refractivity contribution in [3.8, 4) is 17.2 Å². The van der Waals surface area contributed by atoms with Crippen LogP contribution >= 0.6 is 0 Å². The monoisotopic (exact) mass is 362 g/mol. The summed E-state index contributed by atoms with van der Waals surface area (Å²) in [5, 5.41) is 0. The maximum atomic E-state index is 14.1. The molecule has 0 atom stereocenters. The number of alkyl halides is 3. The third-order valence-electron chi connectivity index (χ3n) is 2.63. The number of hydrogen-bond donors (Lipinski definition) is 0. The van der Waals surface area contributed by atoms with E-state index in [1.807, 2.05) is 19.6 Å². The molecule has 0 spiro atoms. The van der Waals surface area contributed by atoms with Gasteiger partial charge < -0.3 is 9.47 Å². The zero-order valence-corrected chi connectivity index (χ0v) is 14.8. The van der Waals surface area contributed by atoms with Crippen LogP contribution in [0.25, 0.3) is 0 Å². The van der Waals surface area contributed by atoms with Gasteiger partial charge in [0.2, 0.25) is 0 Å². The van der Waals surface area contributed by atoms with Crippen LogP contribution in [0.3, 0.4) is 0 Å². The molecule has 0 heterocycles. The highest BCUT2D eigenvalue weighted by Gasteiger charge is 2.33. The van der Waals surface area contributed by atoms with Crippen LogP contribution in [0.1, 0.15) is 18.1 Å². The minimum absolute atomic E-state index is 0.0551. The fourth-order valence-electron chi connectivity index (χ4n) is 1.74. The molecule has 1 aromatic rings. The molecule has 132 valence electrons. The molecule has 8 heteroatoms. The molecule has 0 aliphatic rings. The van der Waals surface area contributed by atoms with E-state index in [9.17, 15) is 22.4 Å². The first-order chi connectivity index (χ1) is 10.9. The quantitative estimate of drug-likeness (QED) is 0.351. The topological polar surface area (TPSA) is 35.5 Å². The number of benzene rings is 1. The van der Waals surface area contributed by atoms with Gasteiger partial charge in [0, 0.05) is 5.56 Å². The second-order valence-electron chi connectivity index (χ2n) is 5.93. The Morgan fingerprint density at radius 2 is 1.88 bits per heavy atom. The lowest BCUT2D eigenvalue weighted by Gasteiger charge is -2.15. The number of halogens is 4. The standard InChI is InChI=1S/C16H18F4O3Si/c1-5-22-15(21)10-12-11(8-9-24(2,3)4)13(17)6-7-14(12)23-16(18,19)20/h6-7H,5,10H2,1-4H3. The normalized spacial score (nSPS) is 11.5. The van der Waals surface area contributed by atoms with Gasteiger partial charge in [-0.2, -0.15) is 0 Å². The first-order valence-corrected chi connectivity index (χ1v) is 10.7. The van der Waals surface area contributed by atoms with Crippen LogP contribution in [-0.2, 0) is 16.0 Å². The second kappa shape index (κ2) is 7.70. The summed E-state index contributed by atoms with van der Waals surface area (Å²) < 4.78 is 60.4. The van der Waals surface area contributed by atoms with Crippen LogP contribution < -0.4 is 4.74 Å². The van der Waals surface area contributed by atoms with E-state index in [4.69, 9.17) is 4.74 Å². The predicted octanol–water partition coefficient (Wildman–Crippen LogP) is 4.06. The Hall–Kier alpha value is -2.01. The molecule has 1 rings (SSSR count). The smallest absolute Gasteiger partial charge is 0.466 e. The molecule has 0 radical (unpaired) electrons. The molecular weight excluding hydrogens is 344 g/mol. The van der Waals surface area contributed by atoms with Gasteiger partial charge in [-0.3, -0.25) is 4.79 Å². The molecule has 0 unspecified atom stereocenters. The van der Waals surface area contributed by atoms with E-state index >= 15 is 0 Å². The van der Waals surface area contributed by atoms with Crippen LogP contribution in [0, 0.1) is 17.3 Å². The third-order valence-corrected chi connectivity index (χ3v) is 3.51. The minimum Gasteiger partial charge on any atom is -0.466 e. The summed E-state index contributed by atoms with van der Waals surface area (Å²) in [5.41, 5.74) is 2.34. The third kappa shape index (κ3) is 6.62. The number of carbonyl (C=O) groups excluding carboxylic acids is 1. The highest BCUT2D eigenvalue weighted by molar-refractivity contribution is 6.83. The van der Waals surface area contributed by atoms with Crippen molar-refractivity contribution in [1.82, 2.24) is 0 Å². The molecule has 0 aromatic heterocycles. The van der Waals surface area contributed by atoms with E-state index in [1.54, 1.807) is 6.92 Å². The number of rotatable bonds is 4. The Kier molecular flexibility index (Phi) is 6.43. The van der Waals surface area contributed by atoms with Gasteiger partial charge in [-0.05, 0) is 19.1 Å². The molecule has 1 aromatic carbocycles. The van der Waals surface area contributed by atoms with Gasteiger partial charge in [-0.1, -0.05) is 25.6 Å².